The Balaban J connectivity index is 2.13. The summed E-state index contributed by atoms with van der Waals surface area (Å²) in [5.41, 5.74) is 3.72. The van der Waals surface area contributed by atoms with Crippen molar-refractivity contribution in [3.63, 3.8) is 0 Å². The first-order chi connectivity index (χ1) is 9.20. The van der Waals surface area contributed by atoms with E-state index >= 15 is 0 Å². The first-order valence-electron chi connectivity index (χ1n) is 6.24. The van der Waals surface area contributed by atoms with Gasteiger partial charge in [-0.15, -0.1) is 0 Å². The highest BCUT2D eigenvalue weighted by atomic mass is 79.9. The fourth-order valence-electron chi connectivity index (χ4n) is 2.02. The predicted molar refractivity (Wildman–Crippen MR) is 83.2 cm³/mol. The quantitative estimate of drug-likeness (QED) is 0.917. The van der Waals surface area contributed by atoms with Crippen LogP contribution in [0.4, 0.5) is 5.69 Å². The molecule has 0 fully saturated rings. The van der Waals surface area contributed by atoms with Crippen molar-refractivity contribution in [2.24, 2.45) is 0 Å². The average molecular weight is 320 g/mol. The van der Waals surface area contributed by atoms with Crippen LogP contribution in [0.5, 0.6) is 0 Å². The smallest absolute Gasteiger partial charge is 0.0511 e. The summed E-state index contributed by atoms with van der Waals surface area (Å²) in [6.07, 6.45) is 3.66. The summed E-state index contributed by atoms with van der Waals surface area (Å²) in [4.78, 5) is 6.27. The highest BCUT2D eigenvalue weighted by Gasteiger charge is 2.07. The molecule has 0 saturated carbocycles. The monoisotopic (exact) mass is 319 g/mol. The van der Waals surface area contributed by atoms with Crippen LogP contribution in [0.25, 0.3) is 0 Å². The first-order valence-corrected chi connectivity index (χ1v) is 7.03. The van der Waals surface area contributed by atoms with Gasteiger partial charge in [0.05, 0.1) is 5.69 Å². The molecule has 19 heavy (non-hydrogen) atoms. The highest BCUT2D eigenvalue weighted by molar-refractivity contribution is 9.10. The van der Waals surface area contributed by atoms with Crippen molar-refractivity contribution < 1.29 is 0 Å². The molecule has 1 aromatic heterocycles. The third kappa shape index (κ3) is 3.78. The number of rotatable bonds is 5. The minimum atomic E-state index is 0.868. The zero-order chi connectivity index (χ0) is 13.7. The molecule has 3 nitrogen and oxygen atoms in total. The van der Waals surface area contributed by atoms with E-state index in [1.165, 1.54) is 16.8 Å². The normalized spacial score (nSPS) is 10.5. The Labute approximate surface area is 122 Å². The van der Waals surface area contributed by atoms with Crippen molar-refractivity contribution in [2.75, 3.05) is 19.0 Å². The Morgan fingerprint density at radius 3 is 2.53 bits per heavy atom. The number of hydrogen-bond acceptors (Lipinski definition) is 3. The fraction of sp³-hybridized carbons (Fsp3) is 0.267. The number of halogens is 1. The molecule has 0 atom stereocenters. The Morgan fingerprint density at radius 1 is 1.16 bits per heavy atom. The zero-order valence-electron chi connectivity index (χ0n) is 11.2. The van der Waals surface area contributed by atoms with Gasteiger partial charge in [-0.3, -0.25) is 4.98 Å². The SMILES string of the molecule is CNCc1ccc(N(C)Cc2ccncc2)c(Br)c1. The number of benzene rings is 1. The van der Waals surface area contributed by atoms with Crippen LogP contribution in [0.1, 0.15) is 11.1 Å². The van der Waals surface area contributed by atoms with Gasteiger partial charge >= 0.3 is 0 Å². The molecule has 2 rings (SSSR count). The van der Waals surface area contributed by atoms with Crippen molar-refractivity contribution in [3.05, 3.63) is 58.3 Å². The molecule has 0 amide bonds. The fourth-order valence-corrected chi connectivity index (χ4v) is 2.75. The van der Waals surface area contributed by atoms with Crippen LogP contribution in [-0.4, -0.2) is 19.1 Å². The summed E-state index contributed by atoms with van der Waals surface area (Å²) >= 11 is 3.65. The number of hydrogen-bond donors (Lipinski definition) is 1. The van der Waals surface area contributed by atoms with Crippen molar-refractivity contribution in [1.29, 1.82) is 0 Å². The van der Waals surface area contributed by atoms with Crippen molar-refractivity contribution in [3.8, 4) is 0 Å². The molecule has 0 spiro atoms. The van der Waals surface area contributed by atoms with Gasteiger partial charge in [0, 0.05) is 37.0 Å². The maximum Gasteiger partial charge on any atom is 0.0511 e. The topological polar surface area (TPSA) is 28.2 Å². The molecule has 0 aliphatic rings. The second kappa shape index (κ2) is 6.68. The van der Waals surface area contributed by atoms with Gasteiger partial charge in [0.1, 0.15) is 0 Å². The molecule has 0 bridgehead atoms. The van der Waals surface area contributed by atoms with Gasteiger partial charge in [0.15, 0.2) is 0 Å². The van der Waals surface area contributed by atoms with Crippen LogP contribution >= 0.6 is 15.9 Å². The Hall–Kier alpha value is -1.39. The molecule has 0 radical (unpaired) electrons. The molecule has 4 heteroatoms. The summed E-state index contributed by atoms with van der Waals surface area (Å²) in [6, 6.07) is 10.5. The van der Waals surface area contributed by atoms with Gasteiger partial charge in [0.25, 0.3) is 0 Å². The minimum Gasteiger partial charge on any atom is -0.369 e. The molecule has 1 N–H and O–H groups in total. The highest BCUT2D eigenvalue weighted by Crippen LogP contribution is 2.27. The van der Waals surface area contributed by atoms with E-state index in [1.807, 2.05) is 31.6 Å². The summed E-state index contributed by atoms with van der Waals surface area (Å²) < 4.78 is 1.12. The van der Waals surface area contributed by atoms with Gasteiger partial charge in [-0.1, -0.05) is 6.07 Å². The molecule has 0 unspecified atom stereocenters. The van der Waals surface area contributed by atoms with Crippen molar-refractivity contribution >= 4 is 21.6 Å². The number of aromatic nitrogens is 1. The van der Waals surface area contributed by atoms with Gasteiger partial charge in [-0.2, -0.15) is 0 Å². The van der Waals surface area contributed by atoms with E-state index < -0.39 is 0 Å². The maximum atomic E-state index is 4.04. The molecular formula is C15H18BrN3. The summed E-state index contributed by atoms with van der Waals surface area (Å²) in [6.45, 7) is 1.75. The van der Waals surface area contributed by atoms with E-state index in [0.717, 1.165) is 17.6 Å². The third-order valence-electron chi connectivity index (χ3n) is 2.97. The molecule has 100 valence electrons. The molecule has 0 aliphatic carbocycles. The zero-order valence-corrected chi connectivity index (χ0v) is 12.8. The Kier molecular flexibility index (Phi) is 4.93. The third-order valence-corrected chi connectivity index (χ3v) is 3.61. The average Bonchev–Trinajstić information content (AvgIpc) is 2.40. The van der Waals surface area contributed by atoms with Crippen LogP contribution in [-0.2, 0) is 13.1 Å². The Bertz CT molecular complexity index is 528. The van der Waals surface area contributed by atoms with E-state index in [0.29, 0.717) is 0 Å². The maximum absolute atomic E-state index is 4.04. The molecular weight excluding hydrogens is 302 g/mol. The summed E-state index contributed by atoms with van der Waals surface area (Å²) in [7, 11) is 4.05. The van der Waals surface area contributed by atoms with Crippen LogP contribution in [0.2, 0.25) is 0 Å². The van der Waals surface area contributed by atoms with Gasteiger partial charge in [0.2, 0.25) is 0 Å². The molecule has 2 aromatic rings. The molecule has 0 aliphatic heterocycles. The van der Waals surface area contributed by atoms with E-state index in [-0.39, 0.29) is 0 Å². The minimum absolute atomic E-state index is 0.868. The lowest BCUT2D eigenvalue weighted by molar-refractivity contribution is 0.816. The number of pyridine rings is 1. The van der Waals surface area contributed by atoms with Crippen molar-refractivity contribution in [2.45, 2.75) is 13.1 Å². The van der Waals surface area contributed by atoms with Crippen LogP contribution in [0.3, 0.4) is 0 Å². The van der Waals surface area contributed by atoms with E-state index in [9.17, 15) is 0 Å². The molecule has 0 saturated heterocycles. The van der Waals surface area contributed by atoms with E-state index in [4.69, 9.17) is 0 Å². The van der Waals surface area contributed by atoms with E-state index in [1.54, 1.807) is 0 Å². The lowest BCUT2D eigenvalue weighted by Crippen LogP contribution is -2.17. The van der Waals surface area contributed by atoms with Gasteiger partial charge in [-0.05, 0) is 58.4 Å². The first kappa shape index (κ1) is 14.0. The molecule has 1 aromatic carbocycles. The van der Waals surface area contributed by atoms with Gasteiger partial charge < -0.3 is 10.2 Å². The van der Waals surface area contributed by atoms with Crippen LogP contribution in [0.15, 0.2) is 47.2 Å². The summed E-state index contributed by atoms with van der Waals surface area (Å²) in [5.74, 6) is 0. The second-order valence-corrected chi connectivity index (χ2v) is 5.38. The van der Waals surface area contributed by atoms with Crippen molar-refractivity contribution in [1.82, 2.24) is 10.3 Å². The van der Waals surface area contributed by atoms with Crippen LogP contribution < -0.4 is 10.2 Å². The Morgan fingerprint density at radius 2 is 1.89 bits per heavy atom. The standard InChI is InChI=1S/C15H18BrN3/c1-17-10-13-3-4-15(14(16)9-13)19(2)11-12-5-7-18-8-6-12/h3-9,17H,10-11H2,1-2H3. The van der Waals surface area contributed by atoms with E-state index in [2.05, 4.69) is 56.4 Å². The van der Waals surface area contributed by atoms with Gasteiger partial charge in [-0.25, -0.2) is 0 Å². The van der Waals surface area contributed by atoms with Crippen LogP contribution in [0, 0.1) is 0 Å². The number of anilines is 1. The second-order valence-electron chi connectivity index (χ2n) is 4.53. The molecule has 1 heterocycles. The number of nitrogens with one attached hydrogen (secondary N) is 1. The lowest BCUT2D eigenvalue weighted by Gasteiger charge is -2.21. The summed E-state index contributed by atoms with van der Waals surface area (Å²) in [5, 5.41) is 3.16. The predicted octanol–water partition coefficient (Wildman–Crippen LogP) is 3.20. The largest absolute Gasteiger partial charge is 0.369 e. The lowest BCUT2D eigenvalue weighted by atomic mass is 10.2. The number of nitrogens with zero attached hydrogens (tertiary/aromatic N) is 2.